The minimum Gasteiger partial charge on any atom is -0.492 e. The number of carbonyl (C=O) groups is 1. The highest BCUT2D eigenvalue weighted by molar-refractivity contribution is 7.13. The summed E-state index contributed by atoms with van der Waals surface area (Å²) in [6.45, 7) is 4.00. The lowest BCUT2D eigenvalue weighted by atomic mass is 10.2. The summed E-state index contributed by atoms with van der Waals surface area (Å²) in [5.41, 5.74) is 1.93. The largest absolute Gasteiger partial charge is 0.492 e. The monoisotopic (exact) mass is 410 g/mol. The fourth-order valence-electron chi connectivity index (χ4n) is 3.48. The van der Waals surface area contributed by atoms with Gasteiger partial charge in [0.15, 0.2) is 5.69 Å². The first-order valence-corrected chi connectivity index (χ1v) is 11.0. The summed E-state index contributed by atoms with van der Waals surface area (Å²) in [6, 6.07) is 13.2. The van der Waals surface area contributed by atoms with E-state index in [2.05, 4.69) is 20.4 Å². The highest BCUT2D eigenvalue weighted by atomic mass is 32.1. The number of aromatic amines is 1. The van der Waals surface area contributed by atoms with E-state index in [4.69, 9.17) is 4.74 Å². The van der Waals surface area contributed by atoms with Crippen LogP contribution in [0.5, 0.6) is 5.75 Å². The summed E-state index contributed by atoms with van der Waals surface area (Å²) >= 11 is 1.60. The van der Waals surface area contributed by atoms with Gasteiger partial charge in [-0.2, -0.15) is 5.10 Å². The number of nitrogens with zero attached hydrogens (tertiary/aromatic N) is 2. The van der Waals surface area contributed by atoms with Gasteiger partial charge in [-0.15, -0.1) is 11.3 Å². The average Bonchev–Trinajstić information content (AvgIpc) is 3.38. The first kappa shape index (κ1) is 19.7. The van der Waals surface area contributed by atoms with Gasteiger partial charge in [0.1, 0.15) is 12.4 Å². The van der Waals surface area contributed by atoms with Crippen molar-refractivity contribution in [2.24, 2.45) is 0 Å². The quantitative estimate of drug-likeness (QED) is 0.595. The molecule has 3 heterocycles. The maximum atomic E-state index is 12.4. The fourth-order valence-corrected chi connectivity index (χ4v) is 4.17. The first-order valence-electron chi connectivity index (χ1n) is 10.1. The van der Waals surface area contributed by atoms with Crippen LogP contribution < -0.4 is 10.1 Å². The lowest BCUT2D eigenvalue weighted by Gasteiger charge is -2.19. The number of H-pyrrole nitrogens is 1. The number of ether oxygens (including phenoxy) is 1. The minimum absolute atomic E-state index is 0.237. The fraction of sp³-hybridized carbons (Fsp3) is 0.364. The predicted octanol–water partition coefficient (Wildman–Crippen LogP) is 4.65. The molecule has 29 heavy (non-hydrogen) atoms. The molecule has 0 unspecified atom stereocenters. The van der Waals surface area contributed by atoms with Crippen LogP contribution in [0.15, 0.2) is 47.8 Å². The topological polar surface area (TPSA) is 70.2 Å². The van der Waals surface area contributed by atoms with E-state index in [1.54, 1.807) is 17.4 Å². The number of likely N-dealkylation sites (tertiary alicyclic amines) is 1. The van der Waals surface area contributed by atoms with Gasteiger partial charge in [-0.25, -0.2) is 0 Å². The zero-order chi connectivity index (χ0) is 19.9. The standard InChI is InChI=1S/C22H26N4O2S/c27-22(20-16-19(24-25-20)21-6-5-15-29-21)23-17-7-9-18(10-8-17)28-14-13-26-11-3-1-2-4-12-26/h5-10,15-16H,1-4,11-14H2,(H,23,27)(H,24,25). The Hall–Kier alpha value is -2.64. The van der Waals surface area contributed by atoms with Gasteiger partial charge in [-0.1, -0.05) is 18.9 Å². The van der Waals surface area contributed by atoms with Gasteiger partial charge in [0, 0.05) is 12.2 Å². The zero-order valence-corrected chi connectivity index (χ0v) is 17.2. The van der Waals surface area contributed by atoms with E-state index in [1.807, 2.05) is 41.8 Å². The smallest absolute Gasteiger partial charge is 0.276 e. The van der Waals surface area contributed by atoms with E-state index in [0.717, 1.165) is 28.6 Å². The summed E-state index contributed by atoms with van der Waals surface area (Å²) in [6.07, 6.45) is 5.27. The lowest BCUT2D eigenvalue weighted by Crippen LogP contribution is -2.29. The Kier molecular flexibility index (Phi) is 6.59. The molecule has 2 N–H and O–H groups in total. The summed E-state index contributed by atoms with van der Waals surface area (Å²) in [5, 5.41) is 11.9. The number of benzene rings is 1. The van der Waals surface area contributed by atoms with Crippen molar-refractivity contribution in [3.05, 3.63) is 53.5 Å². The van der Waals surface area contributed by atoms with Crippen LogP contribution in [0.4, 0.5) is 5.69 Å². The van der Waals surface area contributed by atoms with Crippen LogP contribution >= 0.6 is 11.3 Å². The molecule has 7 heteroatoms. The highest BCUT2D eigenvalue weighted by Gasteiger charge is 2.12. The SMILES string of the molecule is O=C(Nc1ccc(OCCN2CCCCCC2)cc1)c1cc(-c2cccs2)[nH]n1. The van der Waals surface area contributed by atoms with Gasteiger partial charge in [0.2, 0.25) is 0 Å². The molecule has 2 aromatic heterocycles. The normalized spacial score (nSPS) is 15.0. The van der Waals surface area contributed by atoms with E-state index >= 15 is 0 Å². The summed E-state index contributed by atoms with van der Waals surface area (Å²) in [7, 11) is 0. The second-order valence-corrected chi connectivity index (χ2v) is 8.17. The number of rotatable bonds is 7. The Morgan fingerprint density at radius 3 is 2.66 bits per heavy atom. The number of thiophene rings is 1. The second-order valence-electron chi connectivity index (χ2n) is 7.23. The third-order valence-corrected chi connectivity index (χ3v) is 5.99. The van der Waals surface area contributed by atoms with E-state index in [9.17, 15) is 4.79 Å². The van der Waals surface area contributed by atoms with Gasteiger partial charge in [-0.05, 0) is 67.7 Å². The third-order valence-electron chi connectivity index (χ3n) is 5.08. The summed E-state index contributed by atoms with van der Waals surface area (Å²) in [4.78, 5) is 16.0. The van der Waals surface area contributed by atoms with E-state index in [1.165, 1.54) is 38.8 Å². The minimum atomic E-state index is -0.237. The molecule has 0 radical (unpaired) electrons. The van der Waals surface area contributed by atoms with Crippen LogP contribution in [-0.2, 0) is 0 Å². The molecule has 0 saturated carbocycles. The molecule has 0 atom stereocenters. The van der Waals surface area contributed by atoms with Crippen molar-refractivity contribution < 1.29 is 9.53 Å². The molecule has 1 saturated heterocycles. The van der Waals surface area contributed by atoms with Crippen molar-refractivity contribution in [3.63, 3.8) is 0 Å². The molecule has 1 amide bonds. The zero-order valence-electron chi connectivity index (χ0n) is 16.4. The molecule has 0 aliphatic carbocycles. The lowest BCUT2D eigenvalue weighted by molar-refractivity contribution is 0.102. The molecule has 1 fully saturated rings. The van der Waals surface area contributed by atoms with Crippen LogP contribution in [0.1, 0.15) is 36.2 Å². The predicted molar refractivity (Wildman–Crippen MR) is 117 cm³/mol. The molecule has 152 valence electrons. The van der Waals surface area contributed by atoms with Crippen molar-refractivity contribution in [3.8, 4) is 16.3 Å². The van der Waals surface area contributed by atoms with Gasteiger partial charge in [0.05, 0.1) is 10.6 Å². The Balaban J connectivity index is 1.26. The molecule has 3 aromatic rings. The van der Waals surface area contributed by atoms with Crippen LogP contribution in [0.2, 0.25) is 0 Å². The van der Waals surface area contributed by atoms with Crippen molar-refractivity contribution in [1.29, 1.82) is 0 Å². The number of anilines is 1. The van der Waals surface area contributed by atoms with Crippen LogP contribution in [0.25, 0.3) is 10.6 Å². The molecule has 0 spiro atoms. The van der Waals surface area contributed by atoms with Crippen molar-refractivity contribution in [2.45, 2.75) is 25.7 Å². The number of carbonyl (C=O) groups excluding carboxylic acids is 1. The molecule has 0 bridgehead atoms. The first-order chi connectivity index (χ1) is 14.3. The van der Waals surface area contributed by atoms with Crippen molar-refractivity contribution in [1.82, 2.24) is 15.1 Å². The highest BCUT2D eigenvalue weighted by Crippen LogP contribution is 2.23. The van der Waals surface area contributed by atoms with Gasteiger partial charge < -0.3 is 10.1 Å². The number of aromatic nitrogens is 2. The maximum Gasteiger partial charge on any atom is 0.276 e. The van der Waals surface area contributed by atoms with E-state index < -0.39 is 0 Å². The Labute approximate surface area is 174 Å². The Morgan fingerprint density at radius 2 is 1.93 bits per heavy atom. The molecule has 1 aliphatic rings. The van der Waals surface area contributed by atoms with Gasteiger partial charge in [-0.3, -0.25) is 14.8 Å². The van der Waals surface area contributed by atoms with Gasteiger partial charge in [0.25, 0.3) is 5.91 Å². The number of amides is 1. The van der Waals surface area contributed by atoms with E-state index in [0.29, 0.717) is 12.3 Å². The van der Waals surface area contributed by atoms with Crippen LogP contribution in [-0.4, -0.2) is 47.2 Å². The maximum absolute atomic E-state index is 12.4. The Bertz CT molecular complexity index is 897. The summed E-state index contributed by atoms with van der Waals surface area (Å²) in [5.74, 6) is 0.580. The van der Waals surface area contributed by atoms with Crippen LogP contribution in [0, 0.1) is 0 Å². The average molecular weight is 411 g/mol. The molecular formula is C22H26N4O2S. The number of hydrogen-bond donors (Lipinski definition) is 2. The molecule has 1 aliphatic heterocycles. The molecule has 6 nitrogen and oxygen atoms in total. The molecule has 1 aromatic carbocycles. The second kappa shape index (κ2) is 9.71. The van der Waals surface area contributed by atoms with E-state index in [-0.39, 0.29) is 5.91 Å². The summed E-state index contributed by atoms with van der Waals surface area (Å²) < 4.78 is 5.87. The molecular weight excluding hydrogens is 384 g/mol. The van der Waals surface area contributed by atoms with Gasteiger partial charge >= 0.3 is 0 Å². The van der Waals surface area contributed by atoms with Crippen LogP contribution in [0.3, 0.4) is 0 Å². The number of hydrogen-bond acceptors (Lipinski definition) is 5. The van der Waals surface area contributed by atoms with Crippen molar-refractivity contribution >= 4 is 22.9 Å². The Morgan fingerprint density at radius 1 is 1.14 bits per heavy atom. The molecule has 4 rings (SSSR count). The number of nitrogens with one attached hydrogen (secondary N) is 2. The van der Waals surface area contributed by atoms with Crippen molar-refractivity contribution in [2.75, 3.05) is 31.6 Å². The third kappa shape index (κ3) is 5.46.